The predicted octanol–water partition coefficient (Wildman–Crippen LogP) is 2.14. The van der Waals surface area contributed by atoms with E-state index in [9.17, 15) is 18.0 Å². The van der Waals surface area contributed by atoms with Gasteiger partial charge < -0.3 is 10.2 Å². The van der Waals surface area contributed by atoms with Gasteiger partial charge in [-0.2, -0.15) is 0 Å². The number of nitrogens with zero attached hydrogens (tertiary/aromatic N) is 1. The second kappa shape index (κ2) is 7.57. The number of rotatable bonds is 5. The van der Waals surface area contributed by atoms with Crippen LogP contribution in [0.2, 0.25) is 0 Å². The first kappa shape index (κ1) is 19.5. The van der Waals surface area contributed by atoms with Crippen LogP contribution < -0.4 is 14.9 Å². The van der Waals surface area contributed by atoms with E-state index in [0.29, 0.717) is 11.3 Å². The molecule has 2 aromatic carbocycles. The van der Waals surface area contributed by atoms with E-state index in [2.05, 4.69) is 5.32 Å². The Morgan fingerprint density at radius 3 is 2.12 bits per heavy atom. The number of carbonyl (C=O) groups excluding carboxylic acids is 2. The molecular formula is C18H21N3O4S. The molecule has 2 rings (SSSR count). The molecule has 0 heterocycles. The Morgan fingerprint density at radius 2 is 1.62 bits per heavy atom. The fourth-order valence-corrected chi connectivity index (χ4v) is 3.46. The maximum Gasteiger partial charge on any atom is 0.264 e. The molecule has 2 amide bonds. The molecule has 26 heavy (non-hydrogen) atoms. The van der Waals surface area contributed by atoms with Gasteiger partial charge in [-0.15, -0.1) is 0 Å². The minimum atomic E-state index is -3.89. The lowest BCUT2D eigenvalue weighted by Crippen LogP contribution is -2.28. The molecule has 0 spiro atoms. The van der Waals surface area contributed by atoms with Crippen molar-refractivity contribution < 1.29 is 18.0 Å². The molecule has 0 aliphatic carbocycles. The summed E-state index contributed by atoms with van der Waals surface area (Å²) in [5, 5.41) is 2.72. The molecule has 0 bridgehead atoms. The summed E-state index contributed by atoms with van der Waals surface area (Å²) in [6.07, 6.45) is 0. The zero-order valence-electron chi connectivity index (χ0n) is 15.0. The largest absolute Gasteiger partial charge is 0.377 e. The Morgan fingerprint density at radius 1 is 1.00 bits per heavy atom. The van der Waals surface area contributed by atoms with Crippen LogP contribution in [-0.4, -0.2) is 34.3 Å². The van der Waals surface area contributed by atoms with Crippen molar-refractivity contribution in [3.63, 3.8) is 0 Å². The SMILES string of the molecule is CC(=O)NS(=O)(=O)c1ccc(NC(=O)c2ccc(N(C)C)c(C)c2)cc1. The third-order valence-electron chi connectivity index (χ3n) is 3.64. The van der Waals surface area contributed by atoms with Gasteiger partial charge in [0, 0.05) is 38.0 Å². The van der Waals surface area contributed by atoms with Crippen molar-refractivity contribution in [3.05, 3.63) is 53.6 Å². The van der Waals surface area contributed by atoms with Crippen LogP contribution in [0.15, 0.2) is 47.4 Å². The highest BCUT2D eigenvalue weighted by Crippen LogP contribution is 2.20. The third kappa shape index (κ3) is 4.60. The number of sulfonamides is 1. The second-order valence-corrected chi connectivity index (χ2v) is 7.72. The molecule has 2 N–H and O–H groups in total. The normalized spacial score (nSPS) is 10.9. The highest BCUT2D eigenvalue weighted by atomic mass is 32.2. The van der Waals surface area contributed by atoms with Crippen molar-refractivity contribution in [1.82, 2.24) is 4.72 Å². The van der Waals surface area contributed by atoms with E-state index in [1.807, 2.05) is 36.7 Å². The third-order valence-corrected chi connectivity index (χ3v) is 5.09. The average molecular weight is 375 g/mol. The van der Waals surface area contributed by atoms with Gasteiger partial charge in [0.05, 0.1) is 4.90 Å². The summed E-state index contributed by atoms with van der Waals surface area (Å²) < 4.78 is 25.7. The van der Waals surface area contributed by atoms with E-state index in [-0.39, 0.29) is 10.8 Å². The van der Waals surface area contributed by atoms with Gasteiger partial charge in [-0.25, -0.2) is 13.1 Å². The number of aryl methyl sites for hydroxylation is 1. The number of nitrogens with one attached hydrogen (secondary N) is 2. The summed E-state index contributed by atoms with van der Waals surface area (Å²) >= 11 is 0. The number of carbonyl (C=O) groups is 2. The first-order valence-corrected chi connectivity index (χ1v) is 9.31. The van der Waals surface area contributed by atoms with Gasteiger partial charge in [-0.3, -0.25) is 9.59 Å². The van der Waals surface area contributed by atoms with Crippen LogP contribution in [0.4, 0.5) is 11.4 Å². The van der Waals surface area contributed by atoms with Gasteiger partial charge in [-0.1, -0.05) is 0 Å². The maximum absolute atomic E-state index is 12.4. The standard InChI is InChI=1S/C18H21N3O4S/c1-12-11-14(5-10-17(12)21(3)4)18(23)19-15-6-8-16(9-7-15)26(24,25)20-13(2)22/h5-11H,1-4H3,(H,19,23)(H,20,22). The molecule has 0 aliphatic rings. The average Bonchev–Trinajstić information content (AvgIpc) is 2.53. The number of benzene rings is 2. The van der Waals surface area contributed by atoms with Crippen LogP contribution >= 0.6 is 0 Å². The van der Waals surface area contributed by atoms with Gasteiger partial charge >= 0.3 is 0 Å². The van der Waals surface area contributed by atoms with Crippen molar-refractivity contribution in [2.24, 2.45) is 0 Å². The monoisotopic (exact) mass is 375 g/mol. The van der Waals surface area contributed by atoms with E-state index >= 15 is 0 Å². The van der Waals surface area contributed by atoms with Crippen molar-refractivity contribution >= 4 is 33.2 Å². The highest BCUT2D eigenvalue weighted by molar-refractivity contribution is 7.90. The molecule has 0 aliphatic heterocycles. The fraction of sp³-hybridized carbons (Fsp3) is 0.222. The van der Waals surface area contributed by atoms with Crippen molar-refractivity contribution in [2.45, 2.75) is 18.7 Å². The molecule has 0 aromatic heterocycles. The van der Waals surface area contributed by atoms with E-state index < -0.39 is 15.9 Å². The summed E-state index contributed by atoms with van der Waals surface area (Å²) in [5.41, 5.74) is 2.95. The van der Waals surface area contributed by atoms with Gasteiger partial charge in [0.25, 0.3) is 15.9 Å². The van der Waals surface area contributed by atoms with E-state index in [4.69, 9.17) is 0 Å². The number of hydrogen-bond donors (Lipinski definition) is 2. The minimum Gasteiger partial charge on any atom is -0.377 e. The van der Waals surface area contributed by atoms with Crippen LogP contribution in [0.1, 0.15) is 22.8 Å². The molecule has 0 saturated carbocycles. The van der Waals surface area contributed by atoms with Gasteiger partial charge in [0.15, 0.2) is 0 Å². The Hall–Kier alpha value is -2.87. The molecule has 138 valence electrons. The van der Waals surface area contributed by atoms with Crippen LogP contribution in [0, 0.1) is 6.92 Å². The van der Waals surface area contributed by atoms with Crippen LogP contribution in [0.3, 0.4) is 0 Å². The zero-order valence-corrected chi connectivity index (χ0v) is 15.8. The molecular weight excluding hydrogens is 354 g/mol. The highest BCUT2D eigenvalue weighted by Gasteiger charge is 2.15. The summed E-state index contributed by atoms with van der Waals surface area (Å²) in [5.74, 6) is -0.963. The summed E-state index contributed by atoms with van der Waals surface area (Å²) in [4.78, 5) is 25.2. The van der Waals surface area contributed by atoms with Gasteiger partial charge in [0.1, 0.15) is 0 Å². The lowest BCUT2D eigenvalue weighted by Gasteiger charge is -2.16. The topological polar surface area (TPSA) is 95.6 Å². The molecule has 0 unspecified atom stereocenters. The Kier molecular flexibility index (Phi) is 5.66. The quantitative estimate of drug-likeness (QED) is 0.835. The van der Waals surface area contributed by atoms with Crippen LogP contribution in [0.5, 0.6) is 0 Å². The van der Waals surface area contributed by atoms with Gasteiger partial charge in [0.2, 0.25) is 5.91 Å². The van der Waals surface area contributed by atoms with Crippen molar-refractivity contribution in [1.29, 1.82) is 0 Å². The molecule has 7 nitrogen and oxygen atoms in total. The lowest BCUT2D eigenvalue weighted by atomic mass is 10.1. The molecule has 8 heteroatoms. The van der Waals surface area contributed by atoms with E-state index in [1.165, 1.54) is 24.3 Å². The number of hydrogen-bond acceptors (Lipinski definition) is 5. The van der Waals surface area contributed by atoms with Crippen molar-refractivity contribution in [3.8, 4) is 0 Å². The maximum atomic E-state index is 12.4. The van der Waals surface area contributed by atoms with E-state index in [0.717, 1.165) is 18.2 Å². The molecule has 0 fully saturated rings. The molecule has 0 saturated heterocycles. The molecule has 0 atom stereocenters. The Balaban J connectivity index is 2.15. The van der Waals surface area contributed by atoms with Crippen LogP contribution in [0.25, 0.3) is 0 Å². The first-order chi connectivity index (χ1) is 12.1. The summed E-state index contributed by atoms with van der Waals surface area (Å²) in [7, 11) is -0.0339. The predicted molar refractivity (Wildman–Crippen MR) is 101 cm³/mol. The smallest absolute Gasteiger partial charge is 0.264 e. The lowest BCUT2D eigenvalue weighted by molar-refractivity contribution is -0.117. The van der Waals surface area contributed by atoms with Gasteiger partial charge in [-0.05, 0) is 55.0 Å². The Bertz CT molecular complexity index is 935. The van der Waals surface area contributed by atoms with Crippen molar-refractivity contribution in [2.75, 3.05) is 24.3 Å². The first-order valence-electron chi connectivity index (χ1n) is 7.83. The minimum absolute atomic E-state index is 0.0584. The number of amides is 2. The Labute approximate surface area is 153 Å². The second-order valence-electron chi connectivity index (χ2n) is 6.04. The summed E-state index contributed by atoms with van der Waals surface area (Å²) in [6, 6.07) is 11.0. The van der Waals surface area contributed by atoms with Crippen LogP contribution in [-0.2, 0) is 14.8 Å². The molecule has 2 aromatic rings. The zero-order chi connectivity index (χ0) is 19.5. The summed E-state index contributed by atoms with van der Waals surface area (Å²) in [6.45, 7) is 3.05. The number of anilines is 2. The molecule has 0 radical (unpaired) electrons. The van der Waals surface area contributed by atoms with E-state index in [1.54, 1.807) is 12.1 Å². The fourth-order valence-electron chi connectivity index (χ4n) is 2.47.